The molecule has 0 unspecified atom stereocenters. The molecule has 0 aliphatic heterocycles. The first-order valence-corrected chi connectivity index (χ1v) is 4.15. The summed E-state index contributed by atoms with van der Waals surface area (Å²) in [7, 11) is 0. The zero-order valence-corrected chi connectivity index (χ0v) is 7.05. The molecule has 1 saturated carbocycles. The van der Waals surface area contributed by atoms with E-state index in [0.717, 1.165) is 12.8 Å². The highest BCUT2D eigenvalue weighted by Crippen LogP contribution is 2.22. The van der Waals surface area contributed by atoms with Crippen molar-refractivity contribution in [1.82, 2.24) is 0 Å². The quantitative estimate of drug-likeness (QED) is 0.619. The Labute approximate surface area is 67.5 Å². The molecule has 0 radical (unpaired) electrons. The van der Waals surface area contributed by atoms with Crippen molar-refractivity contribution in [3.05, 3.63) is 0 Å². The SMILES string of the molecule is C[C@](N)(CO)COC1CCC1. The van der Waals surface area contributed by atoms with Crippen LogP contribution in [0.2, 0.25) is 0 Å². The Hall–Kier alpha value is -0.120. The van der Waals surface area contributed by atoms with E-state index in [1.165, 1.54) is 6.42 Å². The zero-order chi connectivity index (χ0) is 8.32. The number of aliphatic hydroxyl groups is 1. The van der Waals surface area contributed by atoms with Crippen LogP contribution in [0.3, 0.4) is 0 Å². The molecule has 3 nitrogen and oxygen atoms in total. The molecule has 0 heterocycles. The van der Waals surface area contributed by atoms with E-state index in [0.29, 0.717) is 12.7 Å². The van der Waals surface area contributed by atoms with Gasteiger partial charge in [-0.05, 0) is 26.2 Å². The third-order valence-electron chi connectivity index (χ3n) is 2.06. The van der Waals surface area contributed by atoms with Gasteiger partial charge in [0.1, 0.15) is 0 Å². The summed E-state index contributed by atoms with van der Waals surface area (Å²) in [6.45, 7) is 2.25. The number of hydrogen-bond acceptors (Lipinski definition) is 3. The standard InChI is InChI=1S/C8H17NO2/c1-8(9,5-10)6-11-7-3-2-4-7/h7,10H,2-6,9H2,1H3/t8-/m0/s1. The van der Waals surface area contributed by atoms with E-state index in [-0.39, 0.29) is 6.61 Å². The van der Waals surface area contributed by atoms with Gasteiger partial charge in [0.15, 0.2) is 0 Å². The van der Waals surface area contributed by atoms with E-state index in [2.05, 4.69) is 0 Å². The molecule has 0 bridgehead atoms. The third kappa shape index (κ3) is 2.77. The largest absolute Gasteiger partial charge is 0.394 e. The Balaban J connectivity index is 2.09. The predicted octanol–water partition coefficient (Wildman–Crippen LogP) is 0.265. The summed E-state index contributed by atoms with van der Waals surface area (Å²) in [5.41, 5.74) is 5.11. The normalized spacial score (nSPS) is 24.3. The maximum atomic E-state index is 8.79. The second-order valence-corrected chi connectivity index (χ2v) is 3.68. The van der Waals surface area contributed by atoms with Crippen molar-refractivity contribution in [1.29, 1.82) is 0 Å². The van der Waals surface area contributed by atoms with Gasteiger partial charge in [-0.15, -0.1) is 0 Å². The maximum Gasteiger partial charge on any atom is 0.0669 e. The Morgan fingerprint density at radius 1 is 1.64 bits per heavy atom. The summed E-state index contributed by atoms with van der Waals surface area (Å²) in [5, 5.41) is 8.79. The van der Waals surface area contributed by atoms with Gasteiger partial charge in [0, 0.05) is 0 Å². The molecule has 3 heteroatoms. The topological polar surface area (TPSA) is 55.5 Å². The van der Waals surface area contributed by atoms with Crippen molar-refractivity contribution in [3.8, 4) is 0 Å². The van der Waals surface area contributed by atoms with Crippen molar-refractivity contribution < 1.29 is 9.84 Å². The van der Waals surface area contributed by atoms with Gasteiger partial charge in [0.25, 0.3) is 0 Å². The van der Waals surface area contributed by atoms with Crippen LogP contribution in [0.4, 0.5) is 0 Å². The first-order chi connectivity index (χ1) is 5.14. The van der Waals surface area contributed by atoms with E-state index in [4.69, 9.17) is 15.6 Å². The van der Waals surface area contributed by atoms with E-state index in [1.807, 2.05) is 0 Å². The van der Waals surface area contributed by atoms with Gasteiger partial charge in [-0.3, -0.25) is 0 Å². The molecular weight excluding hydrogens is 142 g/mol. The fraction of sp³-hybridized carbons (Fsp3) is 1.00. The van der Waals surface area contributed by atoms with Gasteiger partial charge >= 0.3 is 0 Å². The summed E-state index contributed by atoms with van der Waals surface area (Å²) < 4.78 is 5.45. The van der Waals surface area contributed by atoms with E-state index >= 15 is 0 Å². The predicted molar refractivity (Wildman–Crippen MR) is 43.3 cm³/mol. The zero-order valence-electron chi connectivity index (χ0n) is 7.05. The Morgan fingerprint density at radius 3 is 2.64 bits per heavy atom. The molecule has 1 atom stereocenters. The van der Waals surface area contributed by atoms with Crippen molar-refractivity contribution >= 4 is 0 Å². The van der Waals surface area contributed by atoms with Crippen LogP contribution >= 0.6 is 0 Å². The lowest BCUT2D eigenvalue weighted by Crippen LogP contribution is -2.46. The Bertz CT molecular complexity index is 121. The number of aliphatic hydroxyl groups excluding tert-OH is 1. The number of rotatable bonds is 4. The third-order valence-corrected chi connectivity index (χ3v) is 2.06. The van der Waals surface area contributed by atoms with Crippen LogP contribution in [0.5, 0.6) is 0 Å². The fourth-order valence-corrected chi connectivity index (χ4v) is 0.891. The smallest absolute Gasteiger partial charge is 0.0669 e. The first kappa shape index (κ1) is 8.97. The Kier molecular flexibility index (Phi) is 2.87. The molecule has 0 amide bonds. The monoisotopic (exact) mass is 159 g/mol. The maximum absolute atomic E-state index is 8.79. The summed E-state index contributed by atoms with van der Waals surface area (Å²) >= 11 is 0. The van der Waals surface area contributed by atoms with Gasteiger partial charge in [-0.25, -0.2) is 0 Å². The minimum absolute atomic E-state index is 0.0142. The number of nitrogens with two attached hydrogens (primary N) is 1. The number of ether oxygens (including phenoxy) is 1. The highest BCUT2D eigenvalue weighted by molar-refractivity contribution is 4.79. The summed E-state index contributed by atoms with van der Waals surface area (Å²) in [4.78, 5) is 0. The van der Waals surface area contributed by atoms with E-state index in [1.54, 1.807) is 6.92 Å². The molecular formula is C8H17NO2. The molecule has 0 saturated heterocycles. The van der Waals surface area contributed by atoms with Gasteiger partial charge in [0.2, 0.25) is 0 Å². The lowest BCUT2D eigenvalue weighted by molar-refractivity contribution is -0.0289. The van der Waals surface area contributed by atoms with E-state index in [9.17, 15) is 0 Å². The molecule has 11 heavy (non-hydrogen) atoms. The van der Waals surface area contributed by atoms with Gasteiger partial charge in [0.05, 0.1) is 24.9 Å². The first-order valence-electron chi connectivity index (χ1n) is 4.15. The average molecular weight is 159 g/mol. The lowest BCUT2D eigenvalue weighted by Gasteiger charge is -2.30. The molecule has 66 valence electrons. The van der Waals surface area contributed by atoms with Crippen LogP contribution in [0.15, 0.2) is 0 Å². The van der Waals surface area contributed by atoms with Crippen molar-refractivity contribution in [2.45, 2.75) is 37.8 Å². The fourth-order valence-electron chi connectivity index (χ4n) is 0.891. The van der Waals surface area contributed by atoms with Crippen LogP contribution in [-0.4, -0.2) is 30.0 Å². The lowest BCUT2D eigenvalue weighted by atomic mass is 9.96. The van der Waals surface area contributed by atoms with Crippen LogP contribution in [0.25, 0.3) is 0 Å². The molecule has 1 aliphatic rings. The molecule has 3 N–H and O–H groups in total. The highest BCUT2D eigenvalue weighted by Gasteiger charge is 2.23. The molecule has 1 aliphatic carbocycles. The van der Waals surface area contributed by atoms with Crippen LogP contribution in [-0.2, 0) is 4.74 Å². The number of hydrogen-bond donors (Lipinski definition) is 2. The van der Waals surface area contributed by atoms with Gasteiger partial charge < -0.3 is 15.6 Å². The van der Waals surface area contributed by atoms with Crippen molar-refractivity contribution in [2.75, 3.05) is 13.2 Å². The second-order valence-electron chi connectivity index (χ2n) is 3.68. The van der Waals surface area contributed by atoms with Gasteiger partial charge in [-0.2, -0.15) is 0 Å². The van der Waals surface area contributed by atoms with Crippen molar-refractivity contribution in [3.63, 3.8) is 0 Å². The minimum atomic E-state index is -0.560. The van der Waals surface area contributed by atoms with Crippen LogP contribution in [0, 0.1) is 0 Å². The minimum Gasteiger partial charge on any atom is -0.394 e. The summed E-state index contributed by atoms with van der Waals surface area (Å²) in [6, 6.07) is 0. The molecule has 0 spiro atoms. The Morgan fingerprint density at radius 2 is 2.27 bits per heavy atom. The molecule has 1 fully saturated rings. The van der Waals surface area contributed by atoms with Crippen LogP contribution in [0.1, 0.15) is 26.2 Å². The van der Waals surface area contributed by atoms with Gasteiger partial charge in [-0.1, -0.05) is 0 Å². The van der Waals surface area contributed by atoms with E-state index < -0.39 is 5.54 Å². The second kappa shape index (κ2) is 3.52. The molecule has 0 aromatic heterocycles. The summed E-state index contributed by atoms with van der Waals surface area (Å²) in [6.07, 6.45) is 3.98. The molecule has 0 aromatic carbocycles. The molecule has 0 aromatic rings. The molecule has 1 rings (SSSR count). The van der Waals surface area contributed by atoms with Crippen LogP contribution < -0.4 is 5.73 Å². The average Bonchev–Trinajstić information content (AvgIpc) is 1.84. The highest BCUT2D eigenvalue weighted by atomic mass is 16.5. The summed E-state index contributed by atoms with van der Waals surface area (Å²) in [5.74, 6) is 0. The van der Waals surface area contributed by atoms with Crippen molar-refractivity contribution in [2.24, 2.45) is 5.73 Å².